The molecule has 0 aliphatic rings. The summed E-state index contributed by atoms with van der Waals surface area (Å²) in [7, 11) is 0.0549. The number of carbonyl (C=O) groups is 1. The number of anilines is 1. The molecule has 1 amide bonds. The van der Waals surface area contributed by atoms with E-state index in [1.807, 2.05) is 20.8 Å². The van der Waals surface area contributed by atoms with Crippen molar-refractivity contribution < 1.29 is 19.6 Å². The average Bonchev–Trinajstić information content (AvgIpc) is 2.37. The Morgan fingerprint density at radius 3 is 2.43 bits per heavy atom. The molecule has 0 aliphatic heterocycles. The summed E-state index contributed by atoms with van der Waals surface area (Å²) in [4.78, 5) is 21.0. The van der Waals surface area contributed by atoms with Gasteiger partial charge >= 0.3 is 13.2 Å². The van der Waals surface area contributed by atoms with E-state index in [2.05, 4.69) is 15.3 Å². The van der Waals surface area contributed by atoms with Crippen LogP contribution in [0.5, 0.6) is 0 Å². The molecule has 0 bridgehead atoms. The van der Waals surface area contributed by atoms with Crippen LogP contribution in [0.15, 0.2) is 12.4 Å². The fourth-order valence-electron chi connectivity index (χ4n) is 1.33. The van der Waals surface area contributed by atoms with E-state index < -0.39 is 18.8 Å². The summed E-state index contributed by atoms with van der Waals surface area (Å²) >= 11 is 0. The van der Waals surface area contributed by atoms with Gasteiger partial charge in [-0.15, -0.1) is 0 Å². The Balaban J connectivity index is 2.37. The minimum Gasteiger partial charge on any atom is -0.444 e. The van der Waals surface area contributed by atoms with Crippen molar-refractivity contribution in [2.45, 2.75) is 26.4 Å². The molecule has 0 aliphatic carbocycles. The fourth-order valence-corrected chi connectivity index (χ4v) is 1.33. The van der Waals surface area contributed by atoms with Crippen molar-refractivity contribution >= 4 is 24.6 Å². The maximum Gasteiger partial charge on any atom is 0.491 e. The zero-order valence-corrected chi connectivity index (χ0v) is 12.7. The van der Waals surface area contributed by atoms with Gasteiger partial charge < -0.3 is 25.0 Å². The number of likely N-dealkylation sites (N-methyl/N-ethyl adjacent to an activating group) is 1. The van der Waals surface area contributed by atoms with Crippen molar-refractivity contribution in [3.8, 4) is 0 Å². The van der Waals surface area contributed by atoms with Crippen molar-refractivity contribution in [1.29, 1.82) is 0 Å². The summed E-state index contributed by atoms with van der Waals surface area (Å²) in [6.07, 6.45) is 2.23. The van der Waals surface area contributed by atoms with Crippen molar-refractivity contribution in [2.75, 3.05) is 25.5 Å². The number of hydrogen-bond acceptors (Lipinski definition) is 7. The topological polar surface area (TPSA) is 108 Å². The molecule has 1 aromatic heterocycles. The van der Waals surface area contributed by atoms with Gasteiger partial charge in [-0.25, -0.2) is 14.8 Å². The molecular formula is C12H21BN4O4. The lowest BCUT2D eigenvalue weighted by atomic mass is 9.83. The van der Waals surface area contributed by atoms with E-state index >= 15 is 0 Å². The molecule has 0 unspecified atom stereocenters. The molecule has 21 heavy (non-hydrogen) atoms. The standard InChI is InChI=1S/C12H21BN4O4/c1-12(2,3)21-11(18)17(4)6-5-14-10-15-7-9(8-16-10)13(19)20/h7-8,19-20H,5-6H2,1-4H3,(H,14,15,16). The molecule has 0 saturated carbocycles. The summed E-state index contributed by atoms with van der Waals surface area (Å²) in [5, 5.41) is 20.8. The number of carbonyl (C=O) groups excluding carboxylic acids is 1. The quantitative estimate of drug-likeness (QED) is 0.625. The van der Waals surface area contributed by atoms with Crippen LogP contribution in [0.1, 0.15) is 20.8 Å². The molecule has 0 radical (unpaired) electrons. The second kappa shape index (κ2) is 7.23. The number of aromatic nitrogens is 2. The summed E-state index contributed by atoms with van der Waals surface area (Å²) < 4.78 is 5.22. The highest BCUT2D eigenvalue weighted by Gasteiger charge is 2.19. The first-order chi connectivity index (χ1) is 9.69. The van der Waals surface area contributed by atoms with Gasteiger partial charge in [0, 0.05) is 38.0 Å². The van der Waals surface area contributed by atoms with E-state index in [0.717, 1.165) is 0 Å². The number of hydrogen-bond donors (Lipinski definition) is 3. The van der Waals surface area contributed by atoms with Gasteiger partial charge in [-0.3, -0.25) is 0 Å². The van der Waals surface area contributed by atoms with Crippen LogP contribution in [0.4, 0.5) is 10.7 Å². The molecule has 0 atom stereocenters. The van der Waals surface area contributed by atoms with E-state index in [9.17, 15) is 4.79 Å². The van der Waals surface area contributed by atoms with Gasteiger partial charge in [0.15, 0.2) is 0 Å². The smallest absolute Gasteiger partial charge is 0.444 e. The Morgan fingerprint density at radius 2 is 1.95 bits per heavy atom. The number of nitrogens with zero attached hydrogens (tertiary/aromatic N) is 3. The number of ether oxygens (including phenoxy) is 1. The molecule has 1 heterocycles. The number of amides is 1. The second-order valence-electron chi connectivity index (χ2n) is 5.54. The van der Waals surface area contributed by atoms with Crippen LogP contribution in [0.3, 0.4) is 0 Å². The molecule has 1 aromatic rings. The van der Waals surface area contributed by atoms with E-state index in [-0.39, 0.29) is 5.46 Å². The minimum absolute atomic E-state index is 0.214. The van der Waals surface area contributed by atoms with Gasteiger partial charge in [0.1, 0.15) is 5.60 Å². The summed E-state index contributed by atoms with van der Waals surface area (Å²) in [6, 6.07) is 0. The van der Waals surface area contributed by atoms with Crippen LogP contribution in [-0.2, 0) is 4.74 Å². The first kappa shape index (κ1) is 17.2. The van der Waals surface area contributed by atoms with Gasteiger partial charge in [0.2, 0.25) is 5.95 Å². The zero-order chi connectivity index (χ0) is 16.0. The average molecular weight is 296 g/mol. The number of rotatable bonds is 5. The van der Waals surface area contributed by atoms with Crippen LogP contribution in [0, 0.1) is 0 Å². The largest absolute Gasteiger partial charge is 0.491 e. The Kier molecular flexibility index (Phi) is 5.92. The molecule has 116 valence electrons. The molecule has 0 aromatic carbocycles. The normalized spacial score (nSPS) is 11.0. The zero-order valence-electron chi connectivity index (χ0n) is 12.7. The monoisotopic (exact) mass is 296 g/mol. The third-order valence-corrected chi connectivity index (χ3v) is 2.41. The Morgan fingerprint density at radius 1 is 1.38 bits per heavy atom. The van der Waals surface area contributed by atoms with Gasteiger partial charge in [-0.05, 0) is 20.8 Å². The predicted molar refractivity (Wildman–Crippen MR) is 79.2 cm³/mol. The number of nitrogens with one attached hydrogen (secondary N) is 1. The summed E-state index contributed by atoms with van der Waals surface area (Å²) in [5.74, 6) is 0.344. The fraction of sp³-hybridized carbons (Fsp3) is 0.583. The van der Waals surface area contributed by atoms with Crippen molar-refractivity contribution in [2.24, 2.45) is 0 Å². The lowest BCUT2D eigenvalue weighted by Crippen LogP contribution is -2.36. The van der Waals surface area contributed by atoms with Gasteiger partial charge in [0.25, 0.3) is 0 Å². The molecule has 0 spiro atoms. The lowest BCUT2D eigenvalue weighted by Gasteiger charge is -2.24. The Labute approximate surface area is 124 Å². The van der Waals surface area contributed by atoms with Gasteiger partial charge in [0.05, 0.1) is 0 Å². The van der Waals surface area contributed by atoms with Crippen LogP contribution in [-0.4, -0.2) is 63.9 Å². The predicted octanol–water partition coefficient (Wildman–Crippen LogP) is -0.565. The molecule has 8 nitrogen and oxygen atoms in total. The third-order valence-electron chi connectivity index (χ3n) is 2.41. The second-order valence-corrected chi connectivity index (χ2v) is 5.54. The highest BCUT2D eigenvalue weighted by atomic mass is 16.6. The Bertz CT molecular complexity index is 461. The highest BCUT2D eigenvalue weighted by molar-refractivity contribution is 6.58. The van der Waals surface area contributed by atoms with Crippen LogP contribution >= 0.6 is 0 Å². The molecule has 9 heteroatoms. The van der Waals surface area contributed by atoms with Crippen molar-refractivity contribution in [3.63, 3.8) is 0 Å². The van der Waals surface area contributed by atoms with Gasteiger partial charge in [-0.1, -0.05) is 0 Å². The molecule has 1 rings (SSSR count). The minimum atomic E-state index is -1.59. The highest BCUT2D eigenvalue weighted by Crippen LogP contribution is 2.08. The lowest BCUT2D eigenvalue weighted by molar-refractivity contribution is 0.0305. The van der Waals surface area contributed by atoms with Crippen LogP contribution < -0.4 is 10.8 Å². The van der Waals surface area contributed by atoms with Crippen LogP contribution in [0.25, 0.3) is 0 Å². The first-order valence-corrected chi connectivity index (χ1v) is 6.55. The maximum absolute atomic E-state index is 11.7. The Hall–Kier alpha value is -1.87. The van der Waals surface area contributed by atoms with Crippen molar-refractivity contribution in [3.05, 3.63) is 12.4 Å². The van der Waals surface area contributed by atoms with Gasteiger partial charge in [-0.2, -0.15) is 0 Å². The molecule has 0 fully saturated rings. The molecule has 3 N–H and O–H groups in total. The summed E-state index contributed by atoms with van der Waals surface area (Å²) in [5.41, 5.74) is -0.311. The molecule has 0 saturated heterocycles. The summed E-state index contributed by atoms with van der Waals surface area (Å²) in [6.45, 7) is 6.28. The van der Waals surface area contributed by atoms with E-state index in [1.54, 1.807) is 7.05 Å². The molecular weight excluding hydrogens is 275 g/mol. The van der Waals surface area contributed by atoms with E-state index in [1.165, 1.54) is 17.3 Å². The maximum atomic E-state index is 11.7. The van der Waals surface area contributed by atoms with E-state index in [4.69, 9.17) is 14.8 Å². The third kappa shape index (κ3) is 6.41. The first-order valence-electron chi connectivity index (χ1n) is 6.55. The SMILES string of the molecule is CN(CCNc1ncc(B(O)O)cn1)C(=O)OC(C)(C)C. The van der Waals surface area contributed by atoms with Crippen LogP contribution in [0.2, 0.25) is 0 Å². The van der Waals surface area contributed by atoms with E-state index in [0.29, 0.717) is 19.0 Å². The van der Waals surface area contributed by atoms with Crippen molar-refractivity contribution in [1.82, 2.24) is 14.9 Å².